The molecule has 0 atom stereocenters. The second-order valence-electron chi connectivity index (χ2n) is 5.05. The van der Waals surface area contributed by atoms with E-state index in [0.29, 0.717) is 5.56 Å². The van der Waals surface area contributed by atoms with Gasteiger partial charge < -0.3 is 4.98 Å². The number of hydrogen-bond acceptors (Lipinski definition) is 1. The number of benzene rings is 1. The standard InChI is InChI=1S/C16H16ClNO/c17-10-14-7-8-15(18-16(14)19)13-6-5-11-3-1-2-4-12(11)9-13/h5-9H,1-4,10H2,(H,18,19). The molecule has 0 saturated carbocycles. The van der Waals surface area contributed by atoms with Crippen LogP contribution in [0.5, 0.6) is 0 Å². The van der Waals surface area contributed by atoms with Gasteiger partial charge in [-0.2, -0.15) is 0 Å². The summed E-state index contributed by atoms with van der Waals surface area (Å²) in [6.07, 6.45) is 4.87. The van der Waals surface area contributed by atoms with Crippen molar-refractivity contribution in [3.8, 4) is 11.3 Å². The maximum Gasteiger partial charge on any atom is 0.252 e. The number of alkyl halides is 1. The molecule has 1 aliphatic rings. The highest BCUT2D eigenvalue weighted by Gasteiger charge is 2.10. The van der Waals surface area contributed by atoms with Crippen molar-refractivity contribution in [3.05, 3.63) is 57.4 Å². The van der Waals surface area contributed by atoms with Crippen molar-refractivity contribution in [2.75, 3.05) is 0 Å². The normalized spacial score (nSPS) is 14.2. The van der Waals surface area contributed by atoms with Gasteiger partial charge in [0.2, 0.25) is 0 Å². The lowest BCUT2D eigenvalue weighted by Crippen LogP contribution is -2.11. The molecule has 1 aromatic heterocycles. The Hall–Kier alpha value is -1.54. The Kier molecular flexibility index (Phi) is 3.43. The molecule has 98 valence electrons. The summed E-state index contributed by atoms with van der Waals surface area (Å²) in [5.74, 6) is 0.250. The average molecular weight is 274 g/mol. The van der Waals surface area contributed by atoms with E-state index >= 15 is 0 Å². The van der Waals surface area contributed by atoms with Crippen molar-refractivity contribution in [3.63, 3.8) is 0 Å². The lowest BCUT2D eigenvalue weighted by molar-refractivity contribution is 0.686. The second kappa shape index (κ2) is 5.22. The minimum absolute atomic E-state index is 0.0924. The van der Waals surface area contributed by atoms with Crippen LogP contribution in [-0.2, 0) is 18.7 Å². The summed E-state index contributed by atoms with van der Waals surface area (Å²) in [4.78, 5) is 14.7. The first kappa shape index (κ1) is 12.5. The number of rotatable bonds is 2. The molecular formula is C16H16ClNO. The first-order chi connectivity index (χ1) is 9.28. The molecule has 2 aromatic rings. The van der Waals surface area contributed by atoms with Crippen molar-refractivity contribution >= 4 is 11.6 Å². The Labute approximate surface area is 117 Å². The van der Waals surface area contributed by atoms with E-state index in [9.17, 15) is 4.79 Å². The monoisotopic (exact) mass is 273 g/mol. The van der Waals surface area contributed by atoms with Crippen LogP contribution in [0.25, 0.3) is 11.3 Å². The van der Waals surface area contributed by atoms with Gasteiger partial charge in [0.05, 0.1) is 5.88 Å². The third-order valence-corrected chi connectivity index (χ3v) is 4.08. The van der Waals surface area contributed by atoms with Crippen LogP contribution in [0.3, 0.4) is 0 Å². The summed E-state index contributed by atoms with van der Waals surface area (Å²) >= 11 is 5.71. The summed E-state index contributed by atoms with van der Waals surface area (Å²) in [5.41, 5.74) is 5.35. The molecule has 19 heavy (non-hydrogen) atoms. The maximum absolute atomic E-state index is 11.8. The highest BCUT2D eigenvalue weighted by Crippen LogP contribution is 2.26. The molecule has 2 nitrogen and oxygen atoms in total. The van der Waals surface area contributed by atoms with Crippen molar-refractivity contribution in [1.29, 1.82) is 0 Å². The van der Waals surface area contributed by atoms with Crippen LogP contribution < -0.4 is 5.56 Å². The molecule has 0 unspecified atom stereocenters. The van der Waals surface area contributed by atoms with Gasteiger partial charge in [0.15, 0.2) is 0 Å². The van der Waals surface area contributed by atoms with Gasteiger partial charge in [0.1, 0.15) is 0 Å². The average Bonchev–Trinajstić information content (AvgIpc) is 2.46. The number of aromatic amines is 1. The summed E-state index contributed by atoms with van der Waals surface area (Å²) in [6.45, 7) is 0. The predicted octanol–water partition coefficient (Wildman–Crippen LogP) is 3.66. The van der Waals surface area contributed by atoms with Crippen molar-refractivity contribution in [1.82, 2.24) is 4.98 Å². The molecule has 1 heterocycles. The minimum Gasteiger partial charge on any atom is -0.322 e. The minimum atomic E-state index is -0.0924. The van der Waals surface area contributed by atoms with Gasteiger partial charge in [-0.25, -0.2) is 0 Å². The zero-order chi connectivity index (χ0) is 13.2. The molecule has 1 aromatic carbocycles. The lowest BCUT2D eigenvalue weighted by Gasteiger charge is -2.16. The molecule has 0 bridgehead atoms. The SMILES string of the molecule is O=c1[nH]c(-c2ccc3c(c2)CCCC3)ccc1CCl. The number of aromatic nitrogens is 1. The van der Waals surface area contributed by atoms with Gasteiger partial charge in [-0.3, -0.25) is 4.79 Å². The molecular weight excluding hydrogens is 258 g/mol. The van der Waals surface area contributed by atoms with E-state index in [1.54, 1.807) is 6.07 Å². The van der Waals surface area contributed by atoms with Crippen LogP contribution in [0.1, 0.15) is 29.5 Å². The third-order valence-electron chi connectivity index (χ3n) is 3.79. The molecule has 1 aliphatic carbocycles. The molecule has 0 radical (unpaired) electrons. The summed E-state index contributed by atoms with van der Waals surface area (Å²) < 4.78 is 0. The lowest BCUT2D eigenvalue weighted by atomic mass is 9.90. The highest BCUT2D eigenvalue weighted by molar-refractivity contribution is 6.17. The number of hydrogen-bond donors (Lipinski definition) is 1. The summed E-state index contributed by atoms with van der Waals surface area (Å²) in [5, 5.41) is 0. The molecule has 3 rings (SSSR count). The fourth-order valence-electron chi connectivity index (χ4n) is 2.68. The van der Waals surface area contributed by atoms with Gasteiger partial charge in [-0.05, 0) is 54.5 Å². The Morgan fingerprint density at radius 3 is 2.58 bits per heavy atom. The van der Waals surface area contributed by atoms with E-state index < -0.39 is 0 Å². The van der Waals surface area contributed by atoms with Gasteiger partial charge >= 0.3 is 0 Å². The van der Waals surface area contributed by atoms with Crippen LogP contribution in [0.15, 0.2) is 35.1 Å². The summed E-state index contributed by atoms with van der Waals surface area (Å²) in [7, 11) is 0. The number of fused-ring (bicyclic) bond motifs is 1. The van der Waals surface area contributed by atoms with Crippen molar-refractivity contribution in [2.45, 2.75) is 31.6 Å². The van der Waals surface area contributed by atoms with Gasteiger partial charge in [0, 0.05) is 11.3 Å². The second-order valence-corrected chi connectivity index (χ2v) is 5.32. The van der Waals surface area contributed by atoms with E-state index in [4.69, 9.17) is 11.6 Å². The Morgan fingerprint density at radius 1 is 1.05 bits per heavy atom. The Morgan fingerprint density at radius 2 is 1.84 bits per heavy atom. The smallest absolute Gasteiger partial charge is 0.252 e. The van der Waals surface area contributed by atoms with E-state index in [-0.39, 0.29) is 11.4 Å². The number of aryl methyl sites for hydroxylation is 2. The maximum atomic E-state index is 11.8. The zero-order valence-corrected chi connectivity index (χ0v) is 11.5. The van der Waals surface area contributed by atoms with Crippen LogP contribution in [0.2, 0.25) is 0 Å². The number of pyridine rings is 1. The predicted molar refractivity (Wildman–Crippen MR) is 78.7 cm³/mol. The quantitative estimate of drug-likeness (QED) is 0.832. The summed E-state index contributed by atoms with van der Waals surface area (Å²) in [6, 6.07) is 10.2. The molecule has 0 amide bonds. The van der Waals surface area contributed by atoms with E-state index in [2.05, 4.69) is 23.2 Å². The van der Waals surface area contributed by atoms with E-state index in [1.165, 1.54) is 30.4 Å². The fourth-order valence-corrected chi connectivity index (χ4v) is 2.89. The van der Waals surface area contributed by atoms with Gasteiger partial charge in [0.25, 0.3) is 5.56 Å². The largest absolute Gasteiger partial charge is 0.322 e. The van der Waals surface area contributed by atoms with Crippen molar-refractivity contribution < 1.29 is 0 Å². The topological polar surface area (TPSA) is 32.9 Å². The van der Waals surface area contributed by atoms with Crippen LogP contribution in [-0.4, -0.2) is 4.98 Å². The van der Waals surface area contributed by atoms with Gasteiger partial charge in [-0.1, -0.05) is 18.2 Å². The van der Waals surface area contributed by atoms with Crippen LogP contribution >= 0.6 is 11.6 Å². The zero-order valence-electron chi connectivity index (χ0n) is 10.7. The molecule has 0 saturated heterocycles. The van der Waals surface area contributed by atoms with E-state index in [1.807, 2.05) is 6.07 Å². The molecule has 0 spiro atoms. The molecule has 0 aliphatic heterocycles. The van der Waals surface area contributed by atoms with Crippen LogP contribution in [0.4, 0.5) is 0 Å². The number of nitrogens with one attached hydrogen (secondary N) is 1. The molecule has 1 N–H and O–H groups in total. The highest BCUT2D eigenvalue weighted by atomic mass is 35.5. The van der Waals surface area contributed by atoms with Crippen LogP contribution in [0, 0.1) is 0 Å². The number of halogens is 1. The third kappa shape index (κ3) is 2.45. The molecule has 3 heteroatoms. The van der Waals surface area contributed by atoms with E-state index in [0.717, 1.165) is 17.7 Å². The van der Waals surface area contributed by atoms with Crippen molar-refractivity contribution in [2.24, 2.45) is 0 Å². The Balaban J connectivity index is 2.02. The van der Waals surface area contributed by atoms with Gasteiger partial charge in [-0.15, -0.1) is 11.6 Å². The first-order valence-corrected chi connectivity index (χ1v) is 7.22. The molecule has 0 fully saturated rings. The first-order valence-electron chi connectivity index (χ1n) is 6.68. The Bertz CT molecular complexity index is 660. The fraction of sp³-hybridized carbons (Fsp3) is 0.312. The number of H-pyrrole nitrogens is 1.